The Balaban J connectivity index is 1.84. The van der Waals surface area contributed by atoms with Crippen LogP contribution in [0.5, 0.6) is 5.75 Å². The average Bonchev–Trinajstić information content (AvgIpc) is 3.24. The minimum atomic E-state index is 0.642. The second kappa shape index (κ2) is 5.74. The molecule has 1 aliphatic rings. The van der Waals surface area contributed by atoms with Crippen LogP contribution in [-0.2, 0) is 6.42 Å². The van der Waals surface area contributed by atoms with E-state index in [-0.39, 0.29) is 0 Å². The smallest absolute Gasteiger partial charge is 0.133 e. The van der Waals surface area contributed by atoms with Gasteiger partial charge in [-0.05, 0) is 42.8 Å². The van der Waals surface area contributed by atoms with Gasteiger partial charge in [-0.15, -0.1) is 0 Å². The number of hydrogen-bond acceptors (Lipinski definition) is 4. The topological polar surface area (TPSA) is 62.9 Å². The zero-order valence-electron chi connectivity index (χ0n) is 13.3. The van der Waals surface area contributed by atoms with Crippen molar-refractivity contribution in [3.63, 3.8) is 0 Å². The lowest BCUT2D eigenvalue weighted by molar-refractivity contribution is 0.415. The lowest BCUT2D eigenvalue weighted by Gasteiger charge is -2.06. The van der Waals surface area contributed by atoms with Gasteiger partial charge in [-0.1, -0.05) is 12.1 Å². The van der Waals surface area contributed by atoms with Gasteiger partial charge in [0.1, 0.15) is 11.6 Å². The van der Waals surface area contributed by atoms with Crippen molar-refractivity contribution >= 4 is 5.82 Å². The molecule has 0 unspecified atom stereocenters. The summed E-state index contributed by atoms with van der Waals surface area (Å²) in [7, 11) is 1.67. The predicted molar refractivity (Wildman–Crippen MR) is 92.5 cm³/mol. The third kappa shape index (κ3) is 2.29. The molecule has 5 heteroatoms. The Kier molecular flexibility index (Phi) is 3.43. The van der Waals surface area contributed by atoms with E-state index in [0.29, 0.717) is 5.56 Å². The fourth-order valence-electron chi connectivity index (χ4n) is 3.04. The Morgan fingerprint density at radius 1 is 1.21 bits per heavy atom. The first-order valence-corrected chi connectivity index (χ1v) is 7.81. The van der Waals surface area contributed by atoms with E-state index >= 15 is 0 Å². The molecule has 0 fully saturated rings. The van der Waals surface area contributed by atoms with Gasteiger partial charge in [0.2, 0.25) is 0 Å². The highest BCUT2D eigenvalue weighted by Gasteiger charge is 2.24. The summed E-state index contributed by atoms with van der Waals surface area (Å²) in [4.78, 5) is 0. The lowest BCUT2D eigenvalue weighted by Crippen LogP contribution is -2.04. The quantitative estimate of drug-likeness (QED) is 0.804. The largest absolute Gasteiger partial charge is 0.497 e. The first-order valence-electron chi connectivity index (χ1n) is 7.81. The number of nitrogens with zero attached hydrogens (tertiary/aromatic N) is 3. The third-order valence-corrected chi connectivity index (χ3v) is 4.24. The van der Waals surface area contributed by atoms with Gasteiger partial charge < -0.3 is 10.1 Å². The summed E-state index contributed by atoms with van der Waals surface area (Å²) in [5.74, 6) is 1.85. The van der Waals surface area contributed by atoms with Crippen molar-refractivity contribution in [2.45, 2.75) is 6.42 Å². The van der Waals surface area contributed by atoms with Crippen molar-refractivity contribution in [2.24, 2.45) is 0 Å². The second-order valence-corrected chi connectivity index (χ2v) is 5.65. The van der Waals surface area contributed by atoms with Crippen LogP contribution < -0.4 is 10.1 Å². The number of fused-ring (bicyclic) bond motifs is 1. The number of nitriles is 1. The highest BCUT2D eigenvalue weighted by atomic mass is 16.5. The molecule has 2 heterocycles. The molecular formula is C19H16N4O. The van der Waals surface area contributed by atoms with Crippen molar-refractivity contribution in [1.82, 2.24) is 9.78 Å². The van der Waals surface area contributed by atoms with Crippen LogP contribution in [0, 0.1) is 11.3 Å². The predicted octanol–water partition coefficient (Wildman–Crippen LogP) is 3.39. The molecule has 0 radical (unpaired) electrons. The Hall–Kier alpha value is -3.26. The summed E-state index contributed by atoms with van der Waals surface area (Å²) in [5, 5.41) is 17.2. The number of hydrogen-bond donors (Lipinski definition) is 1. The molecule has 0 saturated carbocycles. The van der Waals surface area contributed by atoms with E-state index < -0.39 is 0 Å². The maximum Gasteiger partial charge on any atom is 0.133 e. The number of aromatic nitrogens is 2. The van der Waals surface area contributed by atoms with E-state index in [0.717, 1.165) is 41.5 Å². The molecule has 1 aliphatic heterocycles. The molecule has 0 amide bonds. The second-order valence-electron chi connectivity index (χ2n) is 5.65. The molecule has 0 spiro atoms. The van der Waals surface area contributed by atoms with Gasteiger partial charge in [-0.2, -0.15) is 10.4 Å². The van der Waals surface area contributed by atoms with Gasteiger partial charge in [0.05, 0.1) is 30.1 Å². The van der Waals surface area contributed by atoms with Gasteiger partial charge in [-0.3, -0.25) is 0 Å². The van der Waals surface area contributed by atoms with E-state index in [1.807, 2.05) is 53.2 Å². The minimum Gasteiger partial charge on any atom is -0.497 e. The number of nitrogens with one attached hydrogen (secondary N) is 1. The molecule has 118 valence electrons. The summed E-state index contributed by atoms with van der Waals surface area (Å²) in [6, 6.07) is 17.6. The first kappa shape index (κ1) is 14.3. The van der Waals surface area contributed by atoms with Crippen molar-refractivity contribution in [3.05, 3.63) is 59.7 Å². The lowest BCUT2D eigenvalue weighted by atomic mass is 10.1. The van der Waals surface area contributed by atoms with Crippen LogP contribution in [0.3, 0.4) is 0 Å². The van der Waals surface area contributed by atoms with E-state index in [2.05, 4.69) is 11.4 Å². The first-order chi connectivity index (χ1) is 11.8. The van der Waals surface area contributed by atoms with Crippen LogP contribution in [0.15, 0.2) is 48.5 Å². The number of rotatable bonds is 3. The van der Waals surface area contributed by atoms with Crippen molar-refractivity contribution in [3.8, 4) is 28.8 Å². The molecule has 0 saturated heterocycles. The van der Waals surface area contributed by atoms with Crippen LogP contribution in [0.2, 0.25) is 0 Å². The Bertz CT molecular complexity index is 935. The molecule has 0 atom stereocenters. The molecular weight excluding hydrogens is 300 g/mol. The summed E-state index contributed by atoms with van der Waals surface area (Å²) in [6.45, 7) is 0.903. The molecule has 2 aromatic carbocycles. The van der Waals surface area contributed by atoms with Crippen LogP contribution in [0.4, 0.5) is 5.82 Å². The maximum absolute atomic E-state index is 8.96. The van der Waals surface area contributed by atoms with Gasteiger partial charge in [0, 0.05) is 17.7 Å². The third-order valence-electron chi connectivity index (χ3n) is 4.24. The van der Waals surface area contributed by atoms with Crippen molar-refractivity contribution < 1.29 is 4.74 Å². The van der Waals surface area contributed by atoms with E-state index in [1.54, 1.807) is 7.11 Å². The van der Waals surface area contributed by atoms with Crippen LogP contribution in [0.1, 0.15) is 11.1 Å². The van der Waals surface area contributed by atoms with Gasteiger partial charge in [0.25, 0.3) is 0 Å². The summed E-state index contributed by atoms with van der Waals surface area (Å²) in [6.07, 6.45) is 0.943. The molecule has 5 nitrogen and oxygen atoms in total. The van der Waals surface area contributed by atoms with E-state index in [4.69, 9.17) is 15.1 Å². The normalized spacial score (nSPS) is 12.3. The zero-order valence-corrected chi connectivity index (χ0v) is 13.3. The fraction of sp³-hybridized carbons (Fsp3) is 0.158. The molecule has 24 heavy (non-hydrogen) atoms. The monoisotopic (exact) mass is 316 g/mol. The molecule has 1 N–H and O–H groups in total. The SMILES string of the molecule is COc1cccc(-c2nn(-c3ccc(C#N)cc3)c3c2CCN3)c1. The minimum absolute atomic E-state index is 0.642. The van der Waals surface area contributed by atoms with Gasteiger partial charge >= 0.3 is 0 Å². The summed E-state index contributed by atoms with van der Waals surface area (Å²) in [5.41, 5.74) is 4.81. The highest BCUT2D eigenvalue weighted by molar-refractivity contribution is 5.73. The Morgan fingerprint density at radius 3 is 2.79 bits per heavy atom. The van der Waals surface area contributed by atoms with Gasteiger partial charge in [0.15, 0.2) is 0 Å². The van der Waals surface area contributed by atoms with E-state index in [9.17, 15) is 0 Å². The average molecular weight is 316 g/mol. The standard InChI is InChI=1S/C19H16N4O/c1-24-16-4-2-3-14(11-16)18-17-9-10-21-19(17)23(22-18)15-7-5-13(12-20)6-8-15/h2-8,11,21H,9-10H2,1H3. The Labute approximate surface area is 140 Å². The number of benzene rings is 2. The summed E-state index contributed by atoms with van der Waals surface area (Å²) >= 11 is 0. The zero-order chi connectivity index (χ0) is 16.5. The molecule has 3 aromatic rings. The van der Waals surface area contributed by atoms with Crippen LogP contribution in [0.25, 0.3) is 16.9 Å². The fourth-order valence-corrected chi connectivity index (χ4v) is 3.04. The number of ether oxygens (including phenoxy) is 1. The van der Waals surface area contributed by atoms with Crippen LogP contribution >= 0.6 is 0 Å². The number of anilines is 1. The molecule has 0 aliphatic carbocycles. The molecule has 4 rings (SSSR count). The Morgan fingerprint density at radius 2 is 2.04 bits per heavy atom. The van der Waals surface area contributed by atoms with Crippen molar-refractivity contribution in [1.29, 1.82) is 5.26 Å². The van der Waals surface area contributed by atoms with E-state index in [1.165, 1.54) is 5.56 Å². The number of methoxy groups -OCH3 is 1. The molecule has 1 aromatic heterocycles. The van der Waals surface area contributed by atoms with Gasteiger partial charge in [-0.25, -0.2) is 4.68 Å². The molecule has 0 bridgehead atoms. The van der Waals surface area contributed by atoms with Crippen LogP contribution in [-0.4, -0.2) is 23.4 Å². The summed E-state index contributed by atoms with van der Waals surface area (Å²) < 4.78 is 7.25. The maximum atomic E-state index is 8.96. The highest BCUT2D eigenvalue weighted by Crippen LogP contribution is 2.35. The van der Waals surface area contributed by atoms with Crippen molar-refractivity contribution in [2.75, 3.05) is 19.0 Å².